The van der Waals surface area contributed by atoms with Gasteiger partial charge < -0.3 is 5.32 Å². The third kappa shape index (κ3) is 4.23. The van der Waals surface area contributed by atoms with Crippen molar-refractivity contribution < 1.29 is 13.6 Å². The Labute approximate surface area is 142 Å². The van der Waals surface area contributed by atoms with Crippen LogP contribution < -0.4 is 5.32 Å². The summed E-state index contributed by atoms with van der Waals surface area (Å²) in [4.78, 5) is 19.8. The monoisotopic (exact) mass is 343 g/mol. The summed E-state index contributed by atoms with van der Waals surface area (Å²) in [6.45, 7) is 0.513. The number of amides is 1. The van der Waals surface area contributed by atoms with E-state index in [0.29, 0.717) is 19.0 Å². The Morgan fingerprint density at radius 1 is 1.24 bits per heavy atom. The molecular weight excluding hydrogens is 328 g/mol. The summed E-state index contributed by atoms with van der Waals surface area (Å²) in [5, 5.41) is 6.77. The number of nitrogens with one attached hydrogen (secondary N) is 1. The minimum absolute atomic E-state index is 0.385. The molecule has 2 heterocycles. The second-order valence-electron chi connectivity index (χ2n) is 5.37. The average molecular weight is 343 g/mol. The van der Waals surface area contributed by atoms with Crippen molar-refractivity contribution in [3.8, 4) is 0 Å². The van der Waals surface area contributed by atoms with Crippen LogP contribution in [0.5, 0.6) is 0 Å². The van der Waals surface area contributed by atoms with Gasteiger partial charge in [-0.05, 0) is 12.0 Å². The summed E-state index contributed by atoms with van der Waals surface area (Å²) in [7, 11) is 0. The van der Waals surface area contributed by atoms with Crippen LogP contribution in [-0.2, 0) is 6.54 Å². The first kappa shape index (κ1) is 16.7. The van der Waals surface area contributed by atoms with Crippen LogP contribution in [0, 0.1) is 11.6 Å². The van der Waals surface area contributed by atoms with E-state index in [1.807, 2.05) is 30.3 Å². The maximum Gasteiger partial charge on any atom is 0.273 e. The highest BCUT2D eigenvalue weighted by Crippen LogP contribution is 2.18. The van der Waals surface area contributed by atoms with E-state index in [4.69, 9.17) is 0 Å². The van der Waals surface area contributed by atoms with Gasteiger partial charge in [0.1, 0.15) is 18.5 Å². The molecule has 2 aromatic heterocycles. The fourth-order valence-corrected chi connectivity index (χ4v) is 2.43. The van der Waals surface area contributed by atoms with Crippen LogP contribution in [0.2, 0.25) is 0 Å². The van der Waals surface area contributed by atoms with Crippen LogP contribution in [-0.4, -0.2) is 25.7 Å². The van der Waals surface area contributed by atoms with Gasteiger partial charge in [-0.15, -0.1) is 0 Å². The second-order valence-corrected chi connectivity index (χ2v) is 5.37. The lowest BCUT2D eigenvalue weighted by Gasteiger charge is -2.19. The maximum atomic E-state index is 13.8. The van der Waals surface area contributed by atoms with Crippen LogP contribution in [0.15, 0.2) is 55.2 Å². The summed E-state index contributed by atoms with van der Waals surface area (Å²) < 4.78 is 28.4. The summed E-state index contributed by atoms with van der Waals surface area (Å²) in [5.74, 6) is -2.54. The van der Waals surface area contributed by atoms with E-state index in [9.17, 15) is 13.6 Å². The van der Waals surface area contributed by atoms with Gasteiger partial charge in [0.15, 0.2) is 11.5 Å². The number of rotatable bonds is 6. The molecule has 0 fully saturated rings. The zero-order valence-corrected chi connectivity index (χ0v) is 13.1. The number of hydrogen-bond acceptors (Lipinski definition) is 4. The van der Waals surface area contributed by atoms with E-state index in [0.717, 1.165) is 11.8 Å². The Bertz CT molecular complexity index is 840. The average Bonchev–Trinajstić information content (AvgIpc) is 3.12. The number of halogens is 2. The van der Waals surface area contributed by atoms with Crippen molar-refractivity contribution in [3.63, 3.8) is 0 Å². The Morgan fingerprint density at radius 3 is 2.72 bits per heavy atom. The number of carbonyl (C=O) groups excluding carboxylic acids is 1. The molecule has 1 atom stereocenters. The zero-order valence-electron chi connectivity index (χ0n) is 13.1. The number of aryl methyl sites for hydroxylation is 1. The zero-order chi connectivity index (χ0) is 17.6. The third-order valence-corrected chi connectivity index (χ3v) is 3.64. The fourth-order valence-electron chi connectivity index (χ4n) is 2.43. The SMILES string of the molecule is O=C(N[C@H](CCn1cncn1)c1ccccc1)c1ncc(F)cc1F. The number of carbonyl (C=O) groups is 1. The van der Waals surface area contributed by atoms with Gasteiger partial charge in [-0.2, -0.15) is 5.10 Å². The van der Waals surface area contributed by atoms with Crippen LogP contribution in [0.1, 0.15) is 28.5 Å². The van der Waals surface area contributed by atoms with Gasteiger partial charge in [0.25, 0.3) is 5.91 Å². The number of benzene rings is 1. The molecule has 0 bridgehead atoms. The van der Waals surface area contributed by atoms with Gasteiger partial charge in [0, 0.05) is 12.6 Å². The Balaban J connectivity index is 1.77. The molecule has 6 nitrogen and oxygen atoms in total. The van der Waals surface area contributed by atoms with Gasteiger partial charge in [0.05, 0.1) is 12.2 Å². The molecule has 128 valence electrons. The molecule has 3 rings (SSSR count). The van der Waals surface area contributed by atoms with Gasteiger partial charge in [-0.25, -0.2) is 18.7 Å². The number of hydrogen-bond donors (Lipinski definition) is 1. The second kappa shape index (κ2) is 7.61. The van der Waals surface area contributed by atoms with Crippen molar-refractivity contribution >= 4 is 5.91 Å². The molecule has 1 aromatic carbocycles. The van der Waals surface area contributed by atoms with E-state index in [-0.39, 0.29) is 6.04 Å². The van der Waals surface area contributed by atoms with Crippen LogP contribution >= 0.6 is 0 Å². The summed E-state index contributed by atoms with van der Waals surface area (Å²) in [6, 6.07) is 9.53. The van der Waals surface area contributed by atoms with Gasteiger partial charge in [-0.1, -0.05) is 30.3 Å². The summed E-state index contributed by atoms with van der Waals surface area (Å²) in [5.41, 5.74) is 0.418. The van der Waals surface area contributed by atoms with E-state index >= 15 is 0 Å². The molecule has 0 radical (unpaired) electrons. The van der Waals surface area contributed by atoms with Crippen LogP contribution in [0.3, 0.4) is 0 Å². The molecule has 0 spiro atoms. The molecule has 0 saturated carbocycles. The predicted molar refractivity (Wildman–Crippen MR) is 85.4 cm³/mol. The highest BCUT2D eigenvalue weighted by molar-refractivity contribution is 5.92. The first-order valence-electron chi connectivity index (χ1n) is 7.63. The highest BCUT2D eigenvalue weighted by Gasteiger charge is 2.20. The fraction of sp³-hybridized carbons (Fsp3) is 0.176. The maximum absolute atomic E-state index is 13.8. The van der Waals surface area contributed by atoms with Crippen molar-refractivity contribution in [1.82, 2.24) is 25.1 Å². The summed E-state index contributed by atoms with van der Waals surface area (Å²) >= 11 is 0. The topological polar surface area (TPSA) is 72.7 Å². The van der Waals surface area contributed by atoms with Crippen molar-refractivity contribution in [3.05, 3.63) is 78.1 Å². The Morgan fingerprint density at radius 2 is 2.04 bits per heavy atom. The molecule has 0 saturated heterocycles. The molecule has 1 N–H and O–H groups in total. The van der Waals surface area contributed by atoms with Crippen molar-refractivity contribution in [1.29, 1.82) is 0 Å². The van der Waals surface area contributed by atoms with Crippen molar-refractivity contribution in [2.24, 2.45) is 0 Å². The summed E-state index contributed by atoms with van der Waals surface area (Å²) in [6.07, 6.45) is 4.33. The molecule has 3 aromatic rings. The van der Waals surface area contributed by atoms with Crippen LogP contribution in [0.25, 0.3) is 0 Å². The number of aromatic nitrogens is 4. The standard InChI is InChI=1S/C17H15F2N5O/c18-13-8-14(19)16(21-9-13)17(25)23-15(12-4-2-1-3-5-12)6-7-24-11-20-10-22-24/h1-5,8-11,15H,6-7H2,(H,23,25)/t15-/m1/s1. The van der Waals surface area contributed by atoms with Gasteiger partial charge in [0.2, 0.25) is 0 Å². The first-order valence-corrected chi connectivity index (χ1v) is 7.63. The largest absolute Gasteiger partial charge is 0.344 e. The highest BCUT2D eigenvalue weighted by atomic mass is 19.1. The molecule has 1 amide bonds. The molecule has 8 heteroatoms. The Hall–Kier alpha value is -3.16. The number of nitrogens with zero attached hydrogens (tertiary/aromatic N) is 4. The van der Waals surface area contributed by atoms with E-state index in [1.165, 1.54) is 6.33 Å². The van der Waals surface area contributed by atoms with Gasteiger partial charge in [-0.3, -0.25) is 9.48 Å². The molecule has 0 aliphatic heterocycles. The van der Waals surface area contributed by atoms with Crippen LogP contribution in [0.4, 0.5) is 8.78 Å². The molecule has 0 aliphatic rings. The van der Waals surface area contributed by atoms with Crippen molar-refractivity contribution in [2.75, 3.05) is 0 Å². The van der Waals surface area contributed by atoms with E-state index in [2.05, 4.69) is 20.4 Å². The smallest absolute Gasteiger partial charge is 0.273 e. The quantitative estimate of drug-likeness (QED) is 0.746. The molecule has 0 unspecified atom stereocenters. The van der Waals surface area contributed by atoms with Gasteiger partial charge >= 0.3 is 0 Å². The molecule has 25 heavy (non-hydrogen) atoms. The molecule has 0 aliphatic carbocycles. The normalized spacial score (nSPS) is 11.9. The predicted octanol–water partition coefficient (Wildman–Crippen LogP) is 2.51. The van der Waals surface area contributed by atoms with E-state index < -0.39 is 23.2 Å². The lowest BCUT2D eigenvalue weighted by atomic mass is 10.0. The van der Waals surface area contributed by atoms with E-state index in [1.54, 1.807) is 11.0 Å². The molecular formula is C17H15F2N5O. The number of pyridine rings is 1. The minimum atomic E-state index is -0.999. The van der Waals surface area contributed by atoms with Crippen molar-refractivity contribution in [2.45, 2.75) is 19.0 Å². The lowest BCUT2D eigenvalue weighted by molar-refractivity contribution is 0.0923. The lowest BCUT2D eigenvalue weighted by Crippen LogP contribution is -2.31. The Kier molecular flexibility index (Phi) is 5.08. The first-order chi connectivity index (χ1) is 12.1. The minimum Gasteiger partial charge on any atom is -0.344 e. The third-order valence-electron chi connectivity index (χ3n) is 3.64.